The van der Waals surface area contributed by atoms with Gasteiger partial charge in [0.15, 0.2) is 0 Å². The van der Waals surface area contributed by atoms with Gasteiger partial charge in [0.1, 0.15) is 11.9 Å². The Hall–Kier alpha value is -2.22. The molecule has 8 heteroatoms. The van der Waals surface area contributed by atoms with Crippen LogP contribution in [-0.2, 0) is 0 Å². The number of nitro groups is 1. The predicted molar refractivity (Wildman–Crippen MR) is 67.3 cm³/mol. The van der Waals surface area contributed by atoms with Crippen molar-refractivity contribution in [3.05, 3.63) is 28.6 Å². The number of hydrogen-bond donors (Lipinski definition) is 2. The van der Waals surface area contributed by atoms with Gasteiger partial charge in [0.25, 0.3) is 0 Å². The average molecular weight is 266 g/mol. The number of piperidine rings is 1. The van der Waals surface area contributed by atoms with E-state index in [2.05, 4.69) is 10.3 Å². The Kier molecular flexibility index (Phi) is 3.91. The largest absolute Gasteiger partial charge is 0.465 e. The summed E-state index contributed by atoms with van der Waals surface area (Å²) in [4.78, 5) is 26.5. The van der Waals surface area contributed by atoms with E-state index in [-0.39, 0.29) is 17.4 Å². The number of aromatic nitrogens is 1. The summed E-state index contributed by atoms with van der Waals surface area (Å²) in [6, 6.07) is 1.06. The number of carbonyl (C=O) groups is 1. The second-order valence-electron chi connectivity index (χ2n) is 4.27. The highest BCUT2D eigenvalue weighted by Crippen LogP contribution is 2.29. The molecule has 0 aliphatic carbocycles. The lowest BCUT2D eigenvalue weighted by Crippen LogP contribution is -2.48. The summed E-state index contributed by atoms with van der Waals surface area (Å²) in [5.74, 6) is 0. The van der Waals surface area contributed by atoms with E-state index in [0.29, 0.717) is 13.0 Å². The maximum atomic E-state index is 11.4. The lowest BCUT2D eigenvalue weighted by Gasteiger charge is -2.32. The molecule has 1 aromatic rings. The zero-order chi connectivity index (χ0) is 13.8. The molecule has 0 aromatic carbocycles. The maximum absolute atomic E-state index is 11.4. The Morgan fingerprint density at radius 3 is 3.00 bits per heavy atom. The third kappa shape index (κ3) is 2.79. The number of pyridine rings is 1. The number of nitrogens with one attached hydrogen (secondary N) is 1. The first-order valence-electron chi connectivity index (χ1n) is 5.92. The number of anilines is 1. The predicted octanol–water partition coefficient (Wildman–Crippen LogP) is 1.23. The van der Waals surface area contributed by atoms with Gasteiger partial charge in [-0.15, -0.1) is 0 Å². The molecule has 8 nitrogen and oxygen atoms in total. The Morgan fingerprint density at radius 1 is 1.63 bits per heavy atom. The van der Waals surface area contributed by atoms with Crippen molar-refractivity contribution in [3.8, 4) is 0 Å². The molecular formula is C11H14N4O4. The number of nitrogens with zero attached hydrogens (tertiary/aromatic N) is 3. The SMILES string of the molecule is O=C(O)N(c1ccncc1[N+](=O)[O-])C1CCCNC1. The molecule has 0 saturated carbocycles. The molecule has 0 radical (unpaired) electrons. The number of rotatable bonds is 3. The van der Waals surface area contributed by atoms with Gasteiger partial charge in [-0.25, -0.2) is 4.79 Å². The van der Waals surface area contributed by atoms with Crippen LogP contribution in [0.2, 0.25) is 0 Å². The molecule has 1 fully saturated rings. The summed E-state index contributed by atoms with van der Waals surface area (Å²) in [5, 5.41) is 23.4. The summed E-state index contributed by atoms with van der Waals surface area (Å²) in [6.07, 6.45) is 2.75. The van der Waals surface area contributed by atoms with Crippen LogP contribution in [0.1, 0.15) is 12.8 Å². The first kappa shape index (κ1) is 13.2. The zero-order valence-electron chi connectivity index (χ0n) is 10.2. The molecule has 19 heavy (non-hydrogen) atoms. The molecule has 0 bridgehead atoms. The van der Waals surface area contributed by atoms with E-state index in [0.717, 1.165) is 24.1 Å². The van der Waals surface area contributed by atoms with Crippen molar-refractivity contribution < 1.29 is 14.8 Å². The van der Waals surface area contributed by atoms with Gasteiger partial charge in [-0.05, 0) is 25.5 Å². The molecule has 1 atom stereocenters. The first-order chi connectivity index (χ1) is 9.11. The molecule has 0 spiro atoms. The van der Waals surface area contributed by atoms with Gasteiger partial charge in [-0.3, -0.25) is 20.0 Å². The van der Waals surface area contributed by atoms with Crippen molar-refractivity contribution >= 4 is 17.5 Å². The fourth-order valence-electron chi connectivity index (χ4n) is 2.23. The molecular weight excluding hydrogens is 252 g/mol. The van der Waals surface area contributed by atoms with Gasteiger partial charge in [-0.2, -0.15) is 0 Å². The van der Waals surface area contributed by atoms with Crippen LogP contribution in [-0.4, -0.2) is 40.2 Å². The maximum Gasteiger partial charge on any atom is 0.412 e. The Labute approximate surface area is 109 Å². The van der Waals surface area contributed by atoms with Crippen LogP contribution in [0.3, 0.4) is 0 Å². The number of hydrogen-bond acceptors (Lipinski definition) is 5. The standard InChI is InChI=1S/C11H14N4O4/c16-11(17)14(8-2-1-4-12-6-8)9-3-5-13-7-10(9)15(18)19/h3,5,7-8,12H,1-2,4,6H2,(H,16,17). The summed E-state index contributed by atoms with van der Waals surface area (Å²) in [6.45, 7) is 1.33. The fraction of sp³-hybridized carbons (Fsp3) is 0.455. The molecule has 1 amide bonds. The van der Waals surface area contributed by atoms with E-state index in [9.17, 15) is 20.0 Å². The highest BCUT2D eigenvalue weighted by Gasteiger charge is 2.31. The number of carboxylic acid groups (broad SMARTS) is 1. The van der Waals surface area contributed by atoms with Gasteiger partial charge in [0.2, 0.25) is 0 Å². The van der Waals surface area contributed by atoms with Crippen LogP contribution in [0, 0.1) is 10.1 Å². The lowest BCUT2D eigenvalue weighted by molar-refractivity contribution is -0.384. The minimum atomic E-state index is -1.19. The summed E-state index contributed by atoms with van der Waals surface area (Å²) < 4.78 is 0. The van der Waals surface area contributed by atoms with Crippen LogP contribution >= 0.6 is 0 Å². The molecule has 1 aliphatic heterocycles. The molecule has 2 N–H and O–H groups in total. The Bertz CT molecular complexity index is 487. The molecule has 1 saturated heterocycles. The Balaban J connectivity index is 2.38. The smallest absolute Gasteiger partial charge is 0.412 e. The number of amides is 1. The van der Waals surface area contributed by atoms with E-state index in [4.69, 9.17) is 0 Å². The van der Waals surface area contributed by atoms with Gasteiger partial charge < -0.3 is 10.4 Å². The second-order valence-corrected chi connectivity index (χ2v) is 4.27. The van der Waals surface area contributed by atoms with Crippen molar-refractivity contribution in [1.82, 2.24) is 10.3 Å². The highest BCUT2D eigenvalue weighted by molar-refractivity contribution is 5.89. The average Bonchev–Trinajstić information content (AvgIpc) is 2.40. The van der Waals surface area contributed by atoms with Crippen molar-refractivity contribution in [2.75, 3.05) is 18.0 Å². The summed E-state index contributed by atoms with van der Waals surface area (Å²) in [5.41, 5.74) is -0.225. The topological polar surface area (TPSA) is 109 Å². The molecule has 1 unspecified atom stereocenters. The van der Waals surface area contributed by atoms with Crippen LogP contribution < -0.4 is 10.2 Å². The van der Waals surface area contributed by atoms with Crippen molar-refractivity contribution in [2.24, 2.45) is 0 Å². The van der Waals surface area contributed by atoms with Gasteiger partial charge >= 0.3 is 11.8 Å². The normalized spacial score (nSPS) is 18.8. The van der Waals surface area contributed by atoms with Crippen LogP contribution in [0.5, 0.6) is 0 Å². The van der Waals surface area contributed by atoms with E-state index in [1.807, 2.05) is 0 Å². The summed E-state index contributed by atoms with van der Waals surface area (Å²) >= 11 is 0. The van der Waals surface area contributed by atoms with Crippen molar-refractivity contribution in [2.45, 2.75) is 18.9 Å². The minimum absolute atomic E-state index is 0.0706. The van der Waals surface area contributed by atoms with E-state index < -0.39 is 11.0 Å². The second kappa shape index (κ2) is 5.61. The molecule has 1 aromatic heterocycles. The Morgan fingerprint density at radius 2 is 2.42 bits per heavy atom. The molecule has 1 aliphatic rings. The van der Waals surface area contributed by atoms with E-state index >= 15 is 0 Å². The van der Waals surface area contributed by atoms with Crippen molar-refractivity contribution in [1.29, 1.82) is 0 Å². The molecule has 2 rings (SSSR count). The fourth-order valence-corrected chi connectivity index (χ4v) is 2.23. The van der Waals surface area contributed by atoms with E-state index in [1.165, 1.54) is 12.3 Å². The quantitative estimate of drug-likeness (QED) is 0.629. The van der Waals surface area contributed by atoms with Gasteiger partial charge in [0.05, 0.1) is 11.0 Å². The third-order valence-electron chi connectivity index (χ3n) is 3.08. The summed E-state index contributed by atoms with van der Waals surface area (Å²) in [7, 11) is 0. The molecule has 102 valence electrons. The highest BCUT2D eigenvalue weighted by atomic mass is 16.6. The minimum Gasteiger partial charge on any atom is -0.465 e. The van der Waals surface area contributed by atoms with Gasteiger partial charge in [0, 0.05) is 12.7 Å². The van der Waals surface area contributed by atoms with Crippen molar-refractivity contribution in [3.63, 3.8) is 0 Å². The van der Waals surface area contributed by atoms with E-state index in [1.54, 1.807) is 0 Å². The monoisotopic (exact) mass is 266 g/mol. The third-order valence-corrected chi connectivity index (χ3v) is 3.08. The first-order valence-corrected chi connectivity index (χ1v) is 5.92. The van der Waals surface area contributed by atoms with Crippen LogP contribution in [0.25, 0.3) is 0 Å². The van der Waals surface area contributed by atoms with Crippen LogP contribution in [0.4, 0.5) is 16.2 Å². The van der Waals surface area contributed by atoms with Gasteiger partial charge in [-0.1, -0.05) is 0 Å². The molecule has 2 heterocycles. The lowest BCUT2D eigenvalue weighted by atomic mass is 10.1. The zero-order valence-corrected chi connectivity index (χ0v) is 10.2. The van der Waals surface area contributed by atoms with Crippen LogP contribution in [0.15, 0.2) is 18.5 Å².